The molecule has 0 aliphatic carbocycles. The molecule has 1 aliphatic heterocycles. The lowest BCUT2D eigenvalue weighted by atomic mass is 10.1. The predicted octanol–water partition coefficient (Wildman–Crippen LogP) is 0.458. The molecule has 0 bridgehead atoms. The summed E-state index contributed by atoms with van der Waals surface area (Å²) < 4.78 is 5.29. The average molecular weight is 288 g/mol. The number of hydrogen-bond donors (Lipinski definition) is 2. The lowest BCUT2D eigenvalue weighted by molar-refractivity contribution is -0.144. The molecule has 3 rings (SSSR count). The molecule has 1 saturated heterocycles. The molecule has 1 unspecified atom stereocenters. The van der Waals surface area contributed by atoms with Crippen molar-refractivity contribution in [2.45, 2.75) is 6.04 Å². The topological polar surface area (TPSA) is 99.9 Å². The van der Waals surface area contributed by atoms with E-state index in [1.807, 2.05) is 0 Å². The molecule has 2 N–H and O–H groups in total. The summed E-state index contributed by atoms with van der Waals surface area (Å²) in [5.74, 6) is -2.06. The van der Waals surface area contributed by atoms with Crippen LogP contribution >= 0.6 is 0 Å². The van der Waals surface area contributed by atoms with E-state index >= 15 is 0 Å². The Bertz CT molecular complexity index is 736. The molecule has 0 saturated carbocycles. The van der Waals surface area contributed by atoms with Gasteiger partial charge in [0.2, 0.25) is 5.91 Å². The minimum atomic E-state index is -1.16. The Hall–Kier alpha value is -2.83. The van der Waals surface area contributed by atoms with Gasteiger partial charge >= 0.3 is 5.97 Å². The van der Waals surface area contributed by atoms with Crippen LogP contribution in [0.15, 0.2) is 34.9 Å². The van der Waals surface area contributed by atoms with Gasteiger partial charge in [0, 0.05) is 11.9 Å². The molecule has 2 amide bonds. The van der Waals surface area contributed by atoms with Crippen molar-refractivity contribution in [1.29, 1.82) is 0 Å². The van der Waals surface area contributed by atoms with Crippen molar-refractivity contribution in [3.05, 3.63) is 36.1 Å². The fraction of sp³-hybridized carbons (Fsp3) is 0.214. The molecular formula is C14H12N2O5. The normalized spacial score (nSPS) is 18.6. The van der Waals surface area contributed by atoms with Crippen molar-refractivity contribution < 1.29 is 23.9 Å². The summed E-state index contributed by atoms with van der Waals surface area (Å²) in [6.45, 7) is -0.384. The zero-order valence-corrected chi connectivity index (χ0v) is 10.9. The number of hydrogen-bond acceptors (Lipinski definition) is 4. The number of nitrogens with zero attached hydrogens (tertiary/aromatic N) is 1. The highest BCUT2D eigenvalue weighted by atomic mass is 16.4. The van der Waals surface area contributed by atoms with Gasteiger partial charge in [0.1, 0.15) is 24.4 Å². The third-order valence-electron chi connectivity index (χ3n) is 3.44. The molecule has 1 atom stereocenters. The quantitative estimate of drug-likeness (QED) is 0.836. The van der Waals surface area contributed by atoms with Gasteiger partial charge < -0.3 is 19.7 Å². The monoisotopic (exact) mass is 288 g/mol. The number of nitrogens with one attached hydrogen (secondary N) is 1. The van der Waals surface area contributed by atoms with Gasteiger partial charge in [-0.2, -0.15) is 0 Å². The molecule has 21 heavy (non-hydrogen) atoms. The van der Waals surface area contributed by atoms with Crippen molar-refractivity contribution in [1.82, 2.24) is 10.2 Å². The fourth-order valence-corrected chi connectivity index (χ4v) is 2.37. The standard InChI is InChI=1S/C14H12N2O5/c17-12-6-16(10(5-15-12)14(19)20)13(18)9-7-21-11-4-2-1-3-8(9)11/h1-4,7,10H,5-6H2,(H,15,17)(H,19,20). The Labute approximate surface area is 119 Å². The zero-order chi connectivity index (χ0) is 15.0. The number of carboxylic acid groups (broad SMARTS) is 1. The maximum atomic E-state index is 12.6. The number of amides is 2. The molecule has 0 spiro atoms. The van der Waals surface area contributed by atoms with Crippen molar-refractivity contribution in [3.63, 3.8) is 0 Å². The minimum absolute atomic E-state index is 0.101. The zero-order valence-electron chi connectivity index (χ0n) is 10.9. The Balaban J connectivity index is 1.99. The first-order valence-electron chi connectivity index (χ1n) is 6.34. The highest BCUT2D eigenvalue weighted by molar-refractivity contribution is 6.08. The number of aliphatic carboxylic acids is 1. The van der Waals surface area contributed by atoms with Crippen LogP contribution in [0, 0.1) is 0 Å². The van der Waals surface area contributed by atoms with Gasteiger partial charge in [0.05, 0.1) is 5.56 Å². The Morgan fingerprint density at radius 1 is 1.33 bits per heavy atom. The second-order valence-corrected chi connectivity index (χ2v) is 4.74. The van der Waals surface area contributed by atoms with Crippen molar-refractivity contribution in [3.8, 4) is 0 Å². The number of carboxylic acids is 1. The minimum Gasteiger partial charge on any atom is -0.480 e. The van der Waals surface area contributed by atoms with Crippen LogP contribution in [-0.4, -0.2) is 46.9 Å². The number of piperazine rings is 1. The van der Waals surface area contributed by atoms with Gasteiger partial charge in [-0.25, -0.2) is 4.79 Å². The first kappa shape index (κ1) is 13.2. The van der Waals surface area contributed by atoms with Crippen LogP contribution in [0.5, 0.6) is 0 Å². The van der Waals surface area contributed by atoms with Crippen molar-refractivity contribution >= 4 is 28.8 Å². The highest BCUT2D eigenvalue weighted by Gasteiger charge is 2.36. The Morgan fingerprint density at radius 2 is 2.10 bits per heavy atom. The summed E-state index contributed by atoms with van der Waals surface area (Å²) in [6.07, 6.45) is 1.29. The first-order valence-corrected chi connectivity index (χ1v) is 6.34. The predicted molar refractivity (Wildman–Crippen MR) is 71.7 cm³/mol. The SMILES string of the molecule is O=C1CN(C(=O)c2coc3ccccc23)C(C(=O)O)CN1. The van der Waals surface area contributed by atoms with Crippen LogP contribution in [0.4, 0.5) is 0 Å². The van der Waals surface area contributed by atoms with Crippen LogP contribution in [0.2, 0.25) is 0 Å². The molecule has 108 valence electrons. The molecule has 1 aliphatic rings. The van der Waals surface area contributed by atoms with E-state index in [9.17, 15) is 19.5 Å². The third kappa shape index (κ3) is 2.22. The number of furan rings is 1. The van der Waals surface area contributed by atoms with E-state index in [2.05, 4.69) is 5.32 Å². The second kappa shape index (κ2) is 4.93. The number of para-hydroxylation sites is 1. The highest BCUT2D eigenvalue weighted by Crippen LogP contribution is 2.23. The summed E-state index contributed by atoms with van der Waals surface area (Å²) in [6, 6.07) is 5.87. The van der Waals surface area contributed by atoms with E-state index in [0.29, 0.717) is 11.0 Å². The Morgan fingerprint density at radius 3 is 2.86 bits per heavy atom. The number of benzene rings is 1. The van der Waals surface area contributed by atoms with E-state index in [4.69, 9.17) is 4.42 Å². The van der Waals surface area contributed by atoms with E-state index in [1.54, 1.807) is 24.3 Å². The van der Waals surface area contributed by atoms with E-state index in [-0.39, 0.29) is 24.6 Å². The number of carbonyl (C=O) groups is 3. The summed E-state index contributed by atoms with van der Waals surface area (Å²) in [4.78, 5) is 36.3. The smallest absolute Gasteiger partial charge is 0.328 e. The number of carbonyl (C=O) groups excluding carboxylic acids is 2. The lowest BCUT2D eigenvalue weighted by Gasteiger charge is -2.32. The van der Waals surface area contributed by atoms with Gasteiger partial charge in [0.25, 0.3) is 5.91 Å². The molecule has 1 aromatic heterocycles. The summed E-state index contributed by atoms with van der Waals surface area (Å²) in [7, 11) is 0. The maximum absolute atomic E-state index is 12.6. The maximum Gasteiger partial charge on any atom is 0.328 e. The number of fused-ring (bicyclic) bond motifs is 1. The second-order valence-electron chi connectivity index (χ2n) is 4.74. The fourth-order valence-electron chi connectivity index (χ4n) is 2.37. The molecular weight excluding hydrogens is 276 g/mol. The number of rotatable bonds is 2. The summed E-state index contributed by atoms with van der Waals surface area (Å²) in [5.41, 5.74) is 0.792. The molecule has 2 aromatic rings. The van der Waals surface area contributed by atoms with Gasteiger partial charge in [-0.1, -0.05) is 18.2 Å². The van der Waals surface area contributed by atoms with Crippen molar-refractivity contribution in [2.24, 2.45) is 0 Å². The van der Waals surface area contributed by atoms with Crippen LogP contribution < -0.4 is 5.32 Å². The van der Waals surface area contributed by atoms with E-state index < -0.39 is 17.9 Å². The molecule has 1 aromatic carbocycles. The van der Waals surface area contributed by atoms with Crippen LogP contribution in [-0.2, 0) is 9.59 Å². The molecule has 0 radical (unpaired) electrons. The van der Waals surface area contributed by atoms with Gasteiger partial charge in [-0.05, 0) is 6.07 Å². The van der Waals surface area contributed by atoms with Gasteiger partial charge in [-0.15, -0.1) is 0 Å². The van der Waals surface area contributed by atoms with Gasteiger partial charge in [-0.3, -0.25) is 9.59 Å². The van der Waals surface area contributed by atoms with Crippen LogP contribution in [0.3, 0.4) is 0 Å². The summed E-state index contributed by atoms with van der Waals surface area (Å²) >= 11 is 0. The van der Waals surface area contributed by atoms with Gasteiger partial charge in [0.15, 0.2) is 0 Å². The van der Waals surface area contributed by atoms with Crippen molar-refractivity contribution in [2.75, 3.05) is 13.1 Å². The Kier molecular flexibility index (Phi) is 3.09. The first-order chi connectivity index (χ1) is 10.1. The average Bonchev–Trinajstić information content (AvgIpc) is 2.90. The van der Waals surface area contributed by atoms with E-state index in [0.717, 1.165) is 4.90 Å². The van der Waals surface area contributed by atoms with Crippen LogP contribution in [0.25, 0.3) is 11.0 Å². The third-order valence-corrected chi connectivity index (χ3v) is 3.44. The molecule has 7 heteroatoms. The molecule has 2 heterocycles. The van der Waals surface area contributed by atoms with E-state index in [1.165, 1.54) is 6.26 Å². The molecule has 7 nitrogen and oxygen atoms in total. The lowest BCUT2D eigenvalue weighted by Crippen LogP contribution is -2.59. The largest absolute Gasteiger partial charge is 0.480 e. The summed E-state index contributed by atoms with van der Waals surface area (Å²) in [5, 5.41) is 12.2. The van der Waals surface area contributed by atoms with Crippen LogP contribution in [0.1, 0.15) is 10.4 Å². The molecule has 1 fully saturated rings.